The Hall–Kier alpha value is -3.60. The van der Waals surface area contributed by atoms with E-state index in [1.807, 2.05) is 54.6 Å². The van der Waals surface area contributed by atoms with Crippen LogP contribution in [0.4, 0.5) is 5.69 Å². The Balaban J connectivity index is 1.55. The number of carbonyl (C=O) groups excluding carboxylic acids is 2. The normalized spacial score (nSPS) is 11.4. The third-order valence-electron chi connectivity index (χ3n) is 5.16. The number of benzene rings is 3. The predicted molar refractivity (Wildman–Crippen MR) is 123 cm³/mol. The summed E-state index contributed by atoms with van der Waals surface area (Å²) in [5, 5.41) is 5.71. The molecule has 0 spiro atoms. The number of carbonyl (C=O) groups is 2. The lowest BCUT2D eigenvalue weighted by Crippen LogP contribution is -2.25. The maximum atomic E-state index is 12.6. The number of amides is 2. The van der Waals surface area contributed by atoms with Gasteiger partial charge in [0, 0.05) is 12.2 Å². The van der Waals surface area contributed by atoms with Crippen LogP contribution in [0.2, 0.25) is 0 Å². The van der Waals surface area contributed by atoms with E-state index in [0.29, 0.717) is 23.8 Å². The summed E-state index contributed by atoms with van der Waals surface area (Å²) < 4.78 is 5.65. The number of hydrogen-bond donors (Lipinski definition) is 2. The second kappa shape index (κ2) is 11.0. The molecule has 3 aromatic carbocycles. The van der Waals surface area contributed by atoms with E-state index in [1.165, 1.54) is 5.56 Å². The van der Waals surface area contributed by atoms with Gasteiger partial charge in [-0.1, -0.05) is 68.4 Å². The quantitative estimate of drug-likeness (QED) is 0.507. The van der Waals surface area contributed by atoms with E-state index in [-0.39, 0.29) is 18.4 Å². The highest BCUT2D eigenvalue weighted by molar-refractivity contribution is 5.97. The molecule has 1 atom stereocenters. The number of anilines is 1. The molecule has 3 rings (SSSR count). The molecule has 0 fully saturated rings. The van der Waals surface area contributed by atoms with Gasteiger partial charge in [0.25, 0.3) is 11.8 Å². The molecule has 0 aromatic heterocycles. The maximum Gasteiger partial charge on any atom is 0.262 e. The molecule has 0 saturated heterocycles. The molecule has 0 heterocycles. The van der Waals surface area contributed by atoms with Crippen molar-refractivity contribution in [3.05, 3.63) is 95.6 Å². The maximum absolute atomic E-state index is 12.6. The van der Waals surface area contributed by atoms with Crippen molar-refractivity contribution in [2.24, 2.45) is 0 Å². The lowest BCUT2D eigenvalue weighted by atomic mass is 9.99. The number of hydrogen-bond acceptors (Lipinski definition) is 3. The van der Waals surface area contributed by atoms with Gasteiger partial charge >= 0.3 is 0 Å². The molecule has 0 aliphatic carbocycles. The highest BCUT2D eigenvalue weighted by Crippen LogP contribution is 2.21. The van der Waals surface area contributed by atoms with Crippen molar-refractivity contribution in [1.29, 1.82) is 0 Å². The van der Waals surface area contributed by atoms with Gasteiger partial charge in [0.15, 0.2) is 6.61 Å². The minimum absolute atomic E-state index is 0.184. The molecule has 0 radical (unpaired) electrons. The smallest absolute Gasteiger partial charge is 0.262 e. The van der Waals surface area contributed by atoms with Crippen LogP contribution in [-0.2, 0) is 11.3 Å². The van der Waals surface area contributed by atoms with Crippen molar-refractivity contribution in [2.45, 2.75) is 32.7 Å². The number of nitrogens with one attached hydrogen (secondary N) is 2. The predicted octanol–water partition coefficient (Wildman–Crippen LogP) is 5.15. The lowest BCUT2D eigenvalue weighted by Gasteiger charge is -2.13. The Morgan fingerprint density at radius 2 is 1.58 bits per heavy atom. The van der Waals surface area contributed by atoms with Gasteiger partial charge in [-0.15, -0.1) is 0 Å². The Morgan fingerprint density at radius 1 is 0.903 bits per heavy atom. The van der Waals surface area contributed by atoms with E-state index in [4.69, 9.17) is 4.74 Å². The standard InChI is InChI=1S/C26H28N2O3/c1-3-19(2)21-13-15-22(16-14-21)28-25(29)18-31-24-12-8-7-11-23(24)26(30)27-17-20-9-5-4-6-10-20/h4-16,19H,3,17-18H2,1-2H3,(H,27,30)(H,28,29)/t19-/m0/s1. The molecule has 0 aliphatic heterocycles. The van der Waals surface area contributed by atoms with Crippen molar-refractivity contribution in [3.8, 4) is 5.75 Å². The second-order valence-electron chi connectivity index (χ2n) is 7.43. The fourth-order valence-electron chi connectivity index (χ4n) is 3.12. The van der Waals surface area contributed by atoms with Gasteiger partial charge in [-0.3, -0.25) is 9.59 Å². The van der Waals surface area contributed by atoms with Crippen molar-refractivity contribution in [2.75, 3.05) is 11.9 Å². The van der Waals surface area contributed by atoms with Crippen LogP contribution in [0.25, 0.3) is 0 Å². The first-order valence-electron chi connectivity index (χ1n) is 10.5. The fourth-order valence-corrected chi connectivity index (χ4v) is 3.12. The van der Waals surface area contributed by atoms with Gasteiger partial charge in [-0.25, -0.2) is 0 Å². The van der Waals surface area contributed by atoms with Crippen LogP contribution in [0, 0.1) is 0 Å². The first-order valence-corrected chi connectivity index (χ1v) is 10.5. The molecule has 0 saturated carbocycles. The molecule has 31 heavy (non-hydrogen) atoms. The van der Waals surface area contributed by atoms with Crippen LogP contribution >= 0.6 is 0 Å². The van der Waals surface area contributed by atoms with Crippen LogP contribution in [0.1, 0.15) is 47.7 Å². The zero-order chi connectivity index (χ0) is 22.1. The number of ether oxygens (including phenoxy) is 1. The zero-order valence-electron chi connectivity index (χ0n) is 17.9. The summed E-state index contributed by atoms with van der Waals surface area (Å²) in [5.41, 5.74) is 3.36. The Labute approximate surface area is 183 Å². The molecule has 0 bridgehead atoms. The van der Waals surface area contributed by atoms with Gasteiger partial charge in [0.2, 0.25) is 0 Å². The van der Waals surface area contributed by atoms with Crippen LogP contribution in [0.5, 0.6) is 5.75 Å². The topological polar surface area (TPSA) is 67.4 Å². The van der Waals surface area contributed by atoms with E-state index >= 15 is 0 Å². The summed E-state index contributed by atoms with van der Waals surface area (Å²) in [7, 11) is 0. The summed E-state index contributed by atoms with van der Waals surface area (Å²) in [4.78, 5) is 24.9. The highest BCUT2D eigenvalue weighted by atomic mass is 16.5. The molecule has 3 aromatic rings. The summed E-state index contributed by atoms with van der Waals surface area (Å²) in [5.74, 6) is 0.323. The molecule has 2 N–H and O–H groups in total. The fraction of sp³-hybridized carbons (Fsp3) is 0.231. The van der Waals surface area contributed by atoms with E-state index < -0.39 is 0 Å². The molecule has 160 valence electrons. The monoisotopic (exact) mass is 416 g/mol. The minimum Gasteiger partial charge on any atom is -0.483 e. The molecular weight excluding hydrogens is 388 g/mol. The SMILES string of the molecule is CC[C@H](C)c1ccc(NC(=O)COc2ccccc2C(=O)NCc2ccccc2)cc1. The van der Waals surface area contributed by atoms with Crippen LogP contribution in [0.15, 0.2) is 78.9 Å². The second-order valence-corrected chi connectivity index (χ2v) is 7.43. The molecule has 5 nitrogen and oxygen atoms in total. The van der Waals surface area contributed by atoms with Gasteiger partial charge in [-0.05, 0) is 47.7 Å². The Kier molecular flexibility index (Phi) is 7.82. The summed E-state index contributed by atoms with van der Waals surface area (Å²) in [6, 6.07) is 24.4. The molecule has 0 aliphatic rings. The van der Waals surface area contributed by atoms with Crippen molar-refractivity contribution >= 4 is 17.5 Å². The van der Waals surface area contributed by atoms with E-state index in [9.17, 15) is 9.59 Å². The highest BCUT2D eigenvalue weighted by Gasteiger charge is 2.13. The van der Waals surface area contributed by atoms with E-state index in [0.717, 1.165) is 17.7 Å². The molecule has 0 unspecified atom stereocenters. The molecule has 2 amide bonds. The number of rotatable bonds is 9. The average Bonchev–Trinajstić information content (AvgIpc) is 2.82. The van der Waals surface area contributed by atoms with Gasteiger partial charge < -0.3 is 15.4 Å². The van der Waals surface area contributed by atoms with Crippen LogP contribution < -0.4 is 15.4 Å². The van der Waals surface area contributed by atoms with Crippen LogP contribution in [0.3, 0.4) is 0 Å². The molecular formula is C26H28N2O3. The third kappa shape index (κ3) is 6.44. The summed E-state index contributed by atoms with van der Waals surface area (Å²) >= 11 is 0. The van der Waals surface area contributed by atoms with Crippen molar-refractivity contribution < 1.29 is 14.3 Å². The minimum atomic E-state index is -0.282. The summed E-state index contributed by atoms with van der Waals surface area (Å²) in [6.45, 7) is 4.56. The largest absolute Gasteiger partial charge is 0.483 e. The van der Waals surface area contributed by atoms with E-state index in [1.54, 1.807) is 24.3 Å². The third-order valence-corrected chi connectivity index (χ3v) is 5.16. The van der Waals surface area contributed by atoms with Gasteiger partial charge in [0.05, 0.1) is 5.56 Å². The zero-order valence-corrected chi connectivity index (χ0v) is 17.9. The van der Waals surface area contributed by atoms with Crippen LogP contribution in [-0.4, -0.2) is 18.4 Å². The number of para-hydroxylation sites is 1. The first kappa shape index (κ1) is 22.1. The summed E-state index contributed by atoms with van der Waals surface area (Å²) in [6.07, 6.45) is 1.07. The Morgan fingerprint density at radius 3 is 2.29 bits per heavy atom. The van der Waals surface area contributed by atoms with Gasteiger partial charge in [-0.2, -0.15) is 0 Å². The van der Waals surface area contributed by atoms with Crippen molar-refractivity contribution in [3.63, 3.8) is 0 Å². The van der Waals surface area contributed by atoms with Gasteiger partial charge in [0.1, 0.15) is 5.75 Å². The Bertz CT molecular complexity index is 1000. The lowest BCUT2D eigenvalue weighted by molar-refractivity contribution is -0.118. The molecule has 5 heteroatoms. The van der Waals surface area contributed by atoms with E-state index in [2.05, 4.69) is 24.5 Å². The first-order chi connectivity index (χ1) is 15.1. The van der Waals surface area contributed by atoms with Crippen molar-refractivity contribution in [1.82, 2.24) is 5.32 Å². The average molecular weight is 417 g/mol.